The summed E-state index contributed by atoms with van der Waals surface area (Å²) >= 11 is 5.87. The molecule has 3 rings (SSSR count). The van der Waals surface area contributed by atoms with Gasteiger partial charge in [-0.05, 0) is 25.7 Å². The summed E-state index contributed by atoms with van der Waals surface area (Å²) in [7, 11) is 0. The Hall–Kier alpha value is -1.34. The molecule has 2 aliphatic carbocycles. The maximum atomic E-state index is 12.1. The van der Waals surface area contributed by atoms with E-state index in [1.165, 1.54) is 6.07 Å². The zero-order valence-electron chi connectivity index (χ0n) is 10.0. The molecule has 0 N–H and O–H groups in total. The summed E-state index contributed by atoms with van der Waals surface area (Å²) in [6.07, 6.45) is 4.74. The van der Waals surface area contributed by atoms with E-state index >= 15 is 0 Å². The minimum Gasteiger partial charge on any atom is -0.296 e. The number of nitrogens with zero attached hydrogens (tertiary/aromatic N) is 3. The molecule has 1 aromatic heterocycles. The molecule has 0 aliphatic heterocycles. The van der Waals surface area contributed by atoms with Gasteiger partial charge in [-0.1, -0.05) is 11.6 Å². The van der Waals surface area contributed by atoms with Crippen LogP contribution in [0.3, 0.4) is 0 Å². The molecule has 0 bridgehead atoms. The van der Waals surface area contributed by atoms with Crippen LogP contribution >= 0.6 is 11.6 Å². The quantitative estimate of drug-likeness (QED) is 0.784. The second kappa shape index (κ2) is 4.10. The van der Waals surface area contributed by atoms with Gasteiger partial charge in [0.15, 0.2) is 0 Å². The third kappa shape index (κ3) is 2.15. The predicted molar refractivity (Wildman–Crippen MR) is 67.4 cm³/mol. The molecule has 2 saturated carbocycles. The van der Waals surface area contributed by atoms with E-state index in [-0.39, 0.29) is 16.1 Å². The number of hydrogen-bond acceptors (Lipinski definition) is 3. The van der Waals surface area contributed by atoms with Gasteiger partial charge >= 0.3 is 0 Å². The van der Waals surface area contributed by atoms with Crippen molar-refractivity contribution in [3.05, 3.63) is 27.4 Å². The highest BCUT2D eigenvalue weighted by Gasteiger charge is 2.44. The van der Waals surface area contributed by atoms with Crippen LogP contribution in [0.1, 0.15) is 43.8 Å². The average molecular weight is 264 g/mol. The van der Waals surface area contributed by atoms with Crippen LogP contribution in [0.25, 0.3) is 0 Å². The first-order valence-corrected chi connectivity index (χ1v) is 6.66. The molecule has 0 radical (unpaired) electrons. The minimum atomic E-state index is -0.0823. The summed E-state index contributed by atoms with van der Waals surface area (Å²) in [5, 5.41) is 9.13. The van der Waals surface area contributed by atoms with E-state index in [4.69, 9.17) is 16.9 Å². The topological polar surface area (TPSA) is 58.7 Å². The van der Waals surface area contributed by atoms with E-state index in [2.05, 4.69) is 11.1 Å². The third-order valence-electron chi connectivity index (χ3n) is 3.85. The van der Waals surface area contributed by atoms with Crippen LogP contribution in [-0.4, -0.2) is 9.55 Å². The fourth-order valence-corrected chi connectivity index (χ4v) is 2.56. The van der Waals surface area contributed by atoms with E-state index in [0.717, 1.165) is 31.5 Å². The molecule has 94 valence electrons. The Balaban J connectivity index is 1.96. The molecule has 0 aromatic carbocycles. The second-order valence-corrected chi connectivity index (χ2v) is 5.86. The van der Waals surface area contributed by atoms with Crippen LogP contribution in [0, 0.1) is 16.7 Å². The number of aromatic nitrogens is 2. The normalized spacial score (nSPS) is 20.4. The summed E-state index contributed by atoms with van der Waals surface area (Å²) in [6.45, 7) is 0.620. The monoisotopic (exact) mass is 263 g/mol. The lowest BCUT2D eigenvalue weighted by atomic mass is 10.0. The fraction of sp³-hybridized carbons (Fsp3) is 0.615. The molecule has 2 fully saturated rings. The Bertz CT molecular complexity index is 579. The highest BCUT2D eigenvalue weighted by molar-refractivity contribution is 6.29. The summed E-state index contributed by atoms with van der Waals surface area (Å²) in [6, 6.07) is 3.59. The first-order chi connectivity index (χ1) is 8.63. The largest absolute Gasteiger partial charge is 0.296 e. The minimum absolute atomic E-state index is 0.0116. The highest BCUT2D eigenvalue weighted by Crippen LogP contribution is 2.50. The predicted octanol–water partition coefficient (Wildman–Crippen LogP) is 2.47. The van der Waals surface area contributed by atoms with E-state index in [1.807, 2.05) is 0 Å². The van der Waals surface area contributed by atoms with E-state index in [9.17, 15) is 4.79 Å². The van der Waals surface area contributed by atoms with Gasteiger partial charge in [0, 0.05) is 30.4 Å². The van der Waals surface area contributed by atoms with Crippen LogP contribution < -0.4 is 5.56 Å². The molecule has 0 saturated heterocycles. The van der Waals surface area contributed by atoms with E-state index in [1.54, 1.807) is 4.57 Å². The zero-order chi connectivity index (χ0) is 12.8. The van der Waals surface area contributed by atoms with Crippen molar-refractivity contribution >= 4 is 11.6 Å². The number of halogens is 1. The van der Waals surface area contributed by atoms with Crippen LogP contribution in [0.2, 0.25) is 5.15 Å². The fourth-order valence-electron chi connectivity index (χ4n) is 2.38. The van der Waals surface area contributed by atoms with Crippen molar-refractivity contribution in [2.45, 2.75) is 44.6 Å². The van der Waals surface area contributed by atoms with Gasteiger partial charge in [-0.25, -0.2) is 4.98 Å². The Kier molecular flexibility index (Phi) is 2.67. The summed E-state index contributed by atoms with van der Waals surface area (Å²) in [5.41, 5.74) is -0.0707. The first-order valence-electron chi connectivity index (χ1n) is 6.28. The van der Waals surface area contributed by atoms with Crippen LogP contribution in [-0.2, 0) is 6.54 Å². The van der Waals surface area contributed by atoms with Crippen molar-refractivity contribution in [3.63, 3.8) is 0 Å². The molecular weight excluding hydrogens is 250 g/mol. The molecule has 0 unspecified atom stereocenters. The van der Waals surface area contributed by atoms with Crippen molar-refractivity contribution in [3.8, 4) is 6.07 Å². The number of hydrogen-bond donors (Lipinski definition) is 0. The molecule has 4 nitrogen and oxygen atoms in total. The van der Waals surface area contributed by atoms with E-state index < -0.39 is 0 Å². The molecule has 0 atom stereocenters. The summed E-state index contributed by atoms with van der Waals surface area (Å²) < 4.78 is 1.74. The molecule has 1 aromatic rings. The first kappa shape index (κ1) is 11.7. The smallest absolute Gasteiger partial charge is 0.255 e. The molecule has 18 heavy (non-hydrogen) atoms. The maximum Gasteiger partial charge on any atom is 0.255 e. The van der Waals surface area contributed by atoms with Gasteiger partial charge in [0.2, 0.25) is 0 Å². The van der Waals surface area contributed by atoms with Gasteiger partial charge in [-0.2, -0.15) is 5.26 Å². The lowest BCUT2D eigenvalue weighted by molar-refractivity contribution is 0.409. The summed E-state index contributed by atoms with van der Waals surface area (Å²) in [4.78, 5) is 16.4. The Morgan fingerprint density at radius 1 is 1.56 bits per heavy atom. The van der Waals surface area contributed by atoms with Gasteiger partial charge < -0.3 is 0 Å². The lowest BCUT2D eigenvalue weighted by Crippen LogP contribution is -2.28. The van der Waals surface area contributed by atoms with Gasteiger partial charge in [-0.15, -0.1) is 0 Å². The summed E-state index contributed by atoms with van der Waals surface area (Å²) in [5.74, 6) is 1.20. The van der Waals surface area contributed by atoms with E-state index in [0.29, 0.717) is 18.9 Å². The molecule has 2 aliphatic rings. The Labute approximate surface area is 110 Å². The lowest BCUT2D eigenvalue weighted by Gasteiger charge is -2.16. The maximum absolute atomic E-state index is 12.1. The molecule has 5 heteroatoms. The third-order valence-corrected chi connectivity index (χ3v) is 4.05. The van der Waals surface area contributed by atoms with Gasteiger partial charge in [-0.3, -0.25) is 9.36 Å². The van der Waals surface area contributed by atoms with Crippen molar-refractivity contribution in [1.82, 2.24) is 9.55 Å². The van der Waals surface area contributed by atoms with Crippen LogP contribution in [0.4, 0.5) is 0 Å². The van der Waals surface area contributed by atoms with Gasteiger partial charge in [0.25, 0.3) is 5.56 Å². The van der Waals surface area contributed by atoms with Crippen molar-refractivity contribution < 1.29 is 0 Å². The van der Waals surface area contributed by atoms with Gasteiger partial charge in [0.05, 0.1) is 6.07 Å². The second-order valence-electron chi connectivity index (χ2n) is 5.47. The van der Waals surface area contributed by atoms with Gasteiger partial charge in [0.1, 0.15) is 11.0 Å². The SMILES string of the molecule is N#CCC1(Cn2c(C3CC3)nc(Cl)cc2=O)CC1. The standard InChI is InChI=1S/C13H14ClN3O/c14-10-7-11(18)17(12(16-10)9-1-2-9)8-13(3-4-13)5-6-15/h7,9H,1-5,8H2. The number of rotatable bonds is 4. The molecule has 0 spiro atoms. The van der Waals surface area contributed by atoms with Crippen molar-refractivity contribution in [2.75, 3.05) is 0 Å². The van der Waals surface area contributed by atoms with Crippen LogP contribution in [0.15, 0.2) is 10.9 Å². The molecular formula is C13H14ClN3O. The number of nitriles is 1. The zero-order valence-corrected chi connectivity index (χ0v) is 10.8. The highest BCUT2D eigenvalue weighted by atomic mass is 35.5. The van der Waals surface area contributed by atoms with Crippen molar-refractivity contribution in [1.29, 1.82) is 5.26 Å². The van der Waals surface area contributed by atoms with Crippen molar-refractivity contribution in [2.24, 2.45) is 5.41 Å². The average Bonchev–Trinajstić information content (AvgIpc) is 3.18. The molecule has 0 amide bonds. The Morgan fingerprint density at radius 3 is 2.83 bits per heavy atom. The van der Waals surface area contributed by atoms with Crippen LogP contribution in [0.5, 0.6) is 0 Å². The Morgan fingerprint density at radius 2 is 2.28 bits per heavy atom. The molecule has 1 heterocycles.